The Morgan fingerprint density at radius 1 is 1.48 bits per heavy atom. The highest BCUT2D eigenvalue weighted by Gasteiger charge is 2.24. The van der Waals surface area contributed by atoms with Crippen molar-refractivity contribution in [1.82, 2.24) is 10.3 Å². The minimum atomic E-state index is -0.397. The molecule has 0 amide bonds. The van der Waals surface area contributed by atoms with E-state index in [2.05, 4.69) is 15.0 Å². The lowest BCUT2D eigenvalue weighted by Crippen LogP contribution is -2.27. The fourth-order valence-corrected chi connectivity index (χ4v) is 3.49. The highest BCUT2D eigenvalue weighted by molar-refractivity contribution is 7.21. The number of fused-ring (bicyclic) bond motifs is 1. The topological polar surface area (TPSA) is 77.5 Å². The van der Waals surface area contributed by atoms with Crippen molar-refractivity contribution >= 4 is 45.0 Å². The average molecular weight is 357 g/mol. The molecule has 1 unspecified atom stereocenters. The van der Waals surface area contributed by atoms with Gasteiger partial charge in [-0.25, -0.2) is 9.78 Å². The predicted octanol–water partition coefficient (Wildman–Crippen LogP) is 2.95. The second-order valence-corrected chi connectivity index (χ2v) is 6.19. The summed E-state index contributed by atoms with van der Waals surface area (Å²) in [5.41, 5.74) is 0.747. The Hall–Kier alpha value is -1.70. The zero-order valence-corrected chi connectivity index (χ0v) is 14.6. The molecular weight excluding hydrogens is 340 g/mol. The van der Waals surface area contributed by atoms with Crippen molar-refractivity contribution in [1.29, 1.82) is 0 Å². The van der Waals surface area contributed by atoms with E-state index < -0.39 is 5.97 Å². The zero-order chi connectivity index (χ0) is 17.0. The molecule has 0 saturated heterocycles. The molecule has 0 aliphatic heterocycles. The summed E-state index contributed by atoms with van der Waals surface area (Å²) in [5, 5.41) is 4.21. The maximum absolute atomic E-state index is 12.2. The standard InChI is InChI=1S/C15H17ClN2O4S/c1-4-22-15(20)14-13(8(2)17-7-12(19)21-3)9-5-11(16)18-6-10(9)23-14/h5-6,8,17H,4,7H2,1-3H3. The number of methoxy groups -OCH3 is 1. The number of carbonyl (C=O) groups is 2. The zero-order valence-electron chi connectivity index (χ0n) is 13.0. The van der Waals surface area contributed by atoms with Crippen LogP contribution < -0.4 is 5.32 Å². The van der Waals surface area contributed by atoms with Gasteiger partial charge in [0.2, 0.25) is 0 Å². The van der Waals surface area contributed by atoms with Crippen LogP contribution in [-0.4, -0.2) is 37.2 Å². The van der Waals surface area contributed by atoms with Crippen LogP contribution in [0.1, 0.15) is 35.1 Å². The number of rotatable bonds is 6. The Morgan fingerprint density at radius 2 is 2.22 bits per heavy atom. The quantitative estimate of drug-likeness (QED) is 0.633. The Balaban J connectivity index is 2.44. The van der Waals surface area contributed by atoms with Gasteiger partial charge in [-0.3, -0.25) is 4.79 Å². The number of esters is 2. The van der Waals surface area contributed by atoms with Gasteiger partial charge in [0, 0.05) is 23.2 Å². The van der Waals surface area contributed by atoms with E-state index in [9.17, 15) is 9.59 Å². The SMILES string of the molecule is CCOC(=O)c1sc2cnc(Cl)cc2c1C(C)NCC(=O)OC. The van der Waals surface area contributed by atoms with E-state index >= 15 is 0 Å². The van der Waals surface area contributed by atoms with E-state index in [-0.39, 0.29) is 25.2 Å². The molecule has 2 aromatic heterocycles. The van der Waals surface area contributed by atoms with Crippen LogP contribution in [0, 0.1) is 0 Å². The molecule has 0 aromatic carbocycles. The van der Waals surface area contributed by atoms with Crippen molar-refractivity contribution in [3.8, 4) is 0 Å². The molecule has 0 saturated carbocycles. The van der Waals surface area contributed by atoms with Gasteiger partial charge in [0.05, 0.1) is 25.0 Å². The number of aromatic nitrogens is 1. The molecule has 8 heteroatoms. The molecule has 0 bridgehead atoms. The molecular formula is C15H17ClN2O4S. The molecule has 0 aliphatic carbocycles. The van der Waals surface area contributed by atoms with Gasteiger partial charge in [-0.2, -0.15) is 0 Å². The van der Waals surface area contributed by atoms with E-state index in [0.29, 0.717) is 10.0 Å². The molecule has 1 N–H and O–H groups in total. The van der Waals surface area contributed by atoms with Gasteiger partial charge >= 0.3 is 11.9 Å². The average Bonchev–Trinajstić information content (AvgIpc) is 2.91. The first kappa shape index (κ1) is 17.7. The van der Waals surface area contributed by atoms with Gasteiger partial charge in [-0.05, 0) is 19.9 Å². The molecule has 0 spiro atoms. The lowest BCUT2D eigenvalue weighted by Gasteiger charge is -2.14. The van der Waals surface area contributed by atoms with Crippen LogP contribution in [0.3, 0.4) is 0 Å². The number of hydrogen-bond donors (Lipinski definition) is 1. The normalized spacial score (nSPS) is 12.2. The van der Waals surface area contributed by atoms with Crippen LogP contribution >= 0.6 is 22.9 Å². The number of pyridine rings is 1. The van der Waals surface area contributed by atoms with Gasteiger partial charge < -0.3 is 14.8 Å². The summed E-state index contributed by atoms with van der Waals surface area (Å²) in [5.74, 6) is -0.777. The van der Waals surface area contributed by atoms with Gasteiger partial charge in [0.25, 0.3) is 0 Å². The third kappa shape index (κ3) is 3.99. The number of halogens is 1. The second-order valence-electron chi connectivity index (χ2n) is 4.75. The number of carbonyl (C=O) groups excluding carboxylic acids is 2. The highest BCUT2D eigenvalue weighted by Crippen LogP contribution is 2.36. The summed E-state index contributed by atoms with van der Waals surface area (Å²) in [6.45, 7) is 3.94. The van der Waals surface area contributed by atoms with Gasteiger partial charge in [0.1, 0.15) is 10.0 Å². The molecule has 23 heavy (non-hydrogen) atoms. The first-order valence-electron chi connectivity index (χ1n) is 7.03. The maximum Gasteiger partial charge on any atom is 0.348 e. The van der Waals surface area contributed by atoms with Crippen molar-refractivity contribution in [3.05, 3.63) is 27.9 Å². The van der Waals surface area contributed by atoms with Crippen molar-refractivity contribution in [3.63, 3.8) is 0 Å². The third-order valence-electron chi connectivity index (χ3n) is 3.25. The number of thiophene rings is 1. The first-order chi connectivity index (χ1) is 11.0. The van der Waals surface area contributed by atoms with Gasteiger partial charge in [-0.15, -0.1) is 11.3 Å². The van der Waals surface area contributed by atoms with Crippen molar-refractivity contribution < 1.29 is 19.1 Å². The summed E-state index contributed by atoms with van der Waals surface area (Å²) in [4.78, 5) is 28.1. The maximum atomic E-state index is 12.2. The fourth-order valence-electron chi connectivity index (χ4n) is 2.19. The van der Waals surface area contributed by atoms with Crippen LogP contribution in [-0.2, 0) is 14.3 Å². The molecule has 6 nitrogen and oxygen atoms in total. The van der Waals surface area contributed by atoms with Crippen LogP contribution in [0.25, 0.3) is 10.1 Å². The monoisotopic (exact) mass is 356 g/mol. The Labute approximate surface area is 142 Å². The molecule has 0 radical (unpaired) electrons. The lowest BCUT2D eigenvalue weighted by atomic mass is 10.0. The van der Waals surface area contributed by atoms with Crippen LogP contribution in [0.4, 0.5) is 0 Å². The summed E-state index contributed by atoms with van der Waals surface area (Å²) in [7, 11) is 1.32. The van der Waals surface area contributed by atoms with Crippen LogP contribution in [0.5, 0.6) is 0 Å². The molecule has 2 heterocycles. The number of nitrogens with one attached hydrogen (secondary N) is 1. The van der Waals surface area contributed by atoms with Crippen molar-refractivity contribution in [2.75, 3.05) is 20.3 Å². The van der Waals surface area contributed by atoms with E-state index in [1.807, 2.05) is 6.92 Å². The van der Waals surface area contributed by atoms with Gasteiger partial charge in [0.15, 0.2) is 0 Å². The Bertz CT molecular complexity index is 732. The van der Waals surface area contributed by atoms with E-state index in [1.165, 1.54) is 18.4 Å². The molecule has 1 atom stereocenters. The van der Waals surface area contributed by atoms with Crippen LogP contribution in [0.2, 0.25) is 5.15 Å². The molecule has 2 rings (SSSR count). The second kappa shape index (κ2) is 7.72. The molecule has 124 valence electrons. The van der Waals surface area contributed by atoms with E-state index in [1.54, 1.807) is 19.2 Å². The summed E-state index contributed by atoms with van der Waals surface area (Å²) < 4.78 is 10.6. The molecule has 2 aromatic rings. The fraction of sp³-hybridized carbons (Fsp3) is 0.400. The summed E-state index contributed by atoms with van der Waals surface area (Å²) in [6.07, 6.45) is 1.63. The van der Waals surface area contributed by atoms with Crippen molar-refractivity contribution in [2.24, 2.45) is 0 Å². The van der Waals surface area contributed by atoms with Crippen LogP contribution in [0.15, 0.2) is 12.3 Å². The lowest BCUT2D eigenvalue weighted by molar-refractivity contribution is -0.139. The Morgan fingerprint density at radius 3 is 2.87 bits per heavy atom. The Kier molecular flexibility index (Phi) is 5.92. The van der Waals surface area contributed by atoms with E-state index in [4.69, 9.17) is 16.3 Å². The number of hydrogen-bond acceptors (Lipinski definition) is 7. The largest absolute Gasteiger partial charge is 0.468 e. The number of ether oxygens (including phenoxy) is 2. The predicted molar refractivity (Wildman–Crippen MR) is 89.0 cm³/mol. The number of nitrogens with zero attached hydrogens (tertiary/aromatic N) is 1. The smallest absolute Gasteiger partial charge is 0.348 e. The third-order valence-corrected chi connectivity index (χ3v) is 4.60. The van der Waals surface area contributed by atoms with E-state index in [0.717, 1.165) is 15.6 Å². The highest BCUT2D eigenvalue weighted by atomic mass is 35.5. The first-order valence-corrected chi connectivity index (χ1v) is 8.22. The summed E-state index contributed by atoms with van der Waals surface area (Å²) >= 11 is 7.28. The van der Waals surface area contributed by atoms with Crippen molar-refractivity contribution in [2.45, 2.75) is 19.9 Å². The minimum Gasteiger partial charge on any atom is -0.468 e. The molecule has 0 fully saturated rings. The minimum absolute atomic E-state index is 0.0378. The molecule has 0 aliphatic rings. The van der Waals surface area contributed by atoms with Gasteiger partial charge in [-0.1, -0.05) is 11.6 Å². The summed E-state index contributed by atoms with van der Waals surface area (Å²) in [6, 6.07) is 1.45.